The summed E-state index contributed by atoms with van der Waals surface area (Å²) in [5.74, 6) is 1.43. The highest BCUT2D eigenvalue weighted by molar-refractivity contribution is 7.85. The molecule has 1 aliphatic rings. The highest BCUT2D eigenvalue weighted by Crippen LogP contribution is 2.22. The van der Waals surface area contributed by atoms with Gasteiger partial charge in [-0.15, -0.1) is 0 Å². The molecule has 0 radical (unpaired) electrons. The summed E-state index contributed by atoms with van der Waals surface area (Å²) in [5.41, 5.74) is 1.09. The Labute approximate surface area is 171 Å². The van der Waals surface area contributed by atoms with Crippen LogP contribution in [-0.2, 0) is 22.1 Å². The molecule has 2 rings (SSSR count). The van der Waals surface area contributed by atoms with E-state index in [1.807, 2.05) is 44.2 Å². The summed E-state index contributed by atoms with van der Waals surface area (Å²) in [6, 6.07) is 10.2. The van der Waals surface area contributed by atoms with Crippen LogP contribution in [0.1, 0.15) is 45.1 Å². The van der Waals surface area contributed by atoms with Crippen molar-refractivity contribution >= 4 is 16.8 Å². The number of hydrogen-bond acceptors (Lipinski definition) is 4. The molecule has 1 aromatic rings. The van der Waals surface area contributed by atoms with E-state index < -0.39 is 16.9 Å². The van der Waals surface area contributed by atoms with Crippen LogP contribution in [-0.4, -0.2) is 58.1 Å². The van der Waals surface area contributed by atoms with Gasteiger partial charge in [0, 0.05) is 34.4 Å². The molecule has 0 aliphatic heterocycles. The third-order valence-electron chi connectivity index (χ3n) is 4.85. The minimum atomic E-state index is -0.740. The van der Waals surface area contributed by atoms with Crippen LogP contribution in [0.3, 0.4) is 0 Å². The Morgan fingerprint density at radius 3 is 2.82 bits per heavy atom. The molecule has 1 aromatic carbocycles. The van der Waals surface area contributed by atoms with Crippen LogP contribution in [0.5, 0.6) is 0 Å². The maximum absolute atomic E-state index is 12.1. The number of benzene rings is 1. The zero-order valence-corrected chi connectivity index (χ0v) is 17.9. The van der Waals surface area contributed by atoms with E-state index in [0.717, 1.165) is 43.5 Å². The van der Waals surface area contributed by atoms with E-state index >= 15 is 0 Å². The molecule has 1 aliphatic carbocycles. The molecule has 4 atom stereocenters. The molecule has 0 aromatic heterocycles. The zero-order valence-electron chi connectivity index (χ0n) is 17.1. The minimum absolute atomic E-state index is 0.249. The van der Waals surface area contributed by atoms with Crippen LogP contribution >= 0.6 is 0 Å². The maximum Gasteiger partial charge on any atom is 0.191 e. The van der Waals surface area contributed by atoms with Crippen LogP contribution in [0.2, 0.25) is 0 Å². The lowest BCUT2D eigenvalue weighted by molar-refractivity contribution is 0.0331. The van der Waals surface area contributed by atoms with E-state index in [4.69, 9.17) is 4.74 Å². The second kappa shape index (κ2) is 12.9. The lowest BCUT2D eigenvalue weighted by Gasteiger charge is -2.30. The van der Waals surface area contributed by atoms with Gasteiger partial charge in [-0.2, -0.15) is 0 Å². The molecule has 1 saturated carbocycles. The Morgan fingerprint density at radius 2 is 2.11 bits per heavy atom. The number of aliphatic hydroxyl groups excluding tert-OH is 1. The molecule has 7 heteroatoms. The monoisotopic (exact) mass is 409 g/mol. The SMILES string of the molecule is CCNC(=NCC(O)COCc1ccccc1)NC1CCCC(S(=O)CC)C1. The molecule has 0 saturated heterocycles. The predicted octanol–water partition coefficient (Wildman–Crippen LogP) is 2.20. The zero-order chi connectivity index (χ0) is 20.2. The average molecular weight is 410 g/mol. The fraction of sp³-hybridized carbons (Fsp3) is 0.667. The second-order valence-corrected chi connectivity index (χ2v) is 9.18. The van der Waals surface area contributed by atoms with Crippen LogP contribution in [0.25, 0.3) is 0 Å². The maximum atomic E-state index is 12.1. The molecule has 158 valence electrons. The quantitative estimate of drug-likeness (QED) is 0.408. The van der Waals surface area contributed by atoms with Crippen molar-refractivity contribution in [1.29, 1.82) is 0 Å². The lowest BCUT2D eigenvalue weighted by Crippen LogP contribution is -2.47. The summed E-state index contributed by atoms with van der Waals surface area (Å²) in [7, 11) is -0.740. The van der Waals surface area contributed by atoms with E-state index in [2.05, 4.69) is 15.6 Å². The number of guanidine groups is 1. The Morgan fingerprint density at radius 1 is 1.32 bits per heavy atom. The van der Waals surface area contributed by atoms with Crippen molar-refractivity contribution in [2.24, 2.45) is 4.99 Å². The van der Waals surface area contributed by atoms with Crippen LogP contribution in [0, 0.1) is 0 Å². The number of nitrogens with zero attached hydrogens (tertiary/aromatic N) is 1. The van der Waals surface area contributed by atoms with Gasteiger partial charge in [0.15, 0.2) is 5.96 Å². The van der Waals surface area contributed by atoms with E-state index in [1.165, 1.54) is 0 Å². The number of rotatable bonds is 10. The number of aliphatic imine (C=N–C) groups is 1. The molecular weight excluding hydrogens is 374 g/mol. The summed E-state index contributed by atoms with van der Waals surface area (Å²) in [5, 5.41) is 17.1. The largest absolute Gasteiger partial charge is 0.389 e. The van der Waals surface area contributed by atoms with E-state index in [9.17, 15) is 9.32 Å². The molecular formula is C21H35N3O3S. The highest BCUT2D eigenvalue weighted by Gasteiger charge is 2.26. The van der Waals surface area contributed by atoms with Crippen LogP contribution < -0.4 is 10.6 Å². The van der Waals surface area contributed by atoms with Crippen LogP contribution in [0.15, 0.2) is 35.3 Å². The predicted molar refractivity (Wildman–Crippen MR) is 116 cm³/mol. The number of aliphatic hydroxyl groups is 1. The smallest absolute Gasteiger partial charge is 0.191 e. The molecule has 0 amide bonds. The Kier molecular flexibility index (Phi) is 10.5. The van der Waals surface area contributed by atoms with Crippen molar-refractivity contribution in [3.63, 3.8) is 0 Å². The highest BCUT2D eigenvalue weighted by atomic mass is 32.2. The third-order valence-corrected chi connectivity index (χ3v) is 6.59. The van der Waals surface area contributed by atoms with Gasteiger partial charge in [0.1, 0.15) is 0 Å². The van der Waals surface area contributed by atoms with Gasteiger partial charge in [0.2, 0.25) is 0 Å². The fourth-order valence-electron chi connectivity index (χ4n) is 3.40. The minimum Gasteiger partial charge on any atom is -0.389 e. The first kappa shape index (κ1) is 22.8. The molecule has 6 nitrogen and oxygen atoms in total. The number of ether oxygens (including phenoxy) is 1. The molecule has 28 heavy (non-hydrogen) atoms. The van der Waals surface area contributed by atoms with Gasteiger partial charge >= 0.3 is 0 Å². The Balaban J connectivity index is 1.78. The summed E-state index contributed by atoms with van der Waals surface area (Å²) < 4.78 is 17.7. The summed E-state index contributed by atoms with van der Waals surface area (Å²) >= 11 is 0. The van der Waals surface area contributed by atoms with Crippen molar-refractivity contribution in [2.45, 2.75) is 63.5 Å². The first-order chi connectivity index (χ1) is 13.6. The van der Waals surface area contributed by atoms with Gasteiger partial charge < -0.3 is 20.5 Å². The summed E-state index contributed by atoms with van der Waals surface area (Å²) in [4.78, 5) is 4.51. The first-order valence-corrected chi connectivity index (χ1v) is 11.7. The average Bonchev–Trinajstić information content (AvgIpc) is 2.72. The Hall–Kier alpha value is -1.44. The van der Waals surface area contributed by atoms with E-state index in [0.29, 0.717) is 12.6 Å². The molecule has 0 spiro atoms. The van der Waals surface area contributed by atoms with Crippen molar-refractivity contribution < 1.29 is 14.1 Å². The molecule has 0 heterocycles. The molecule has 4 unspecified atom stereocenters. The van der Waals surface area contributed by atoms with Gasteiger partial charge in [-0.1, -0.05) is 43.7 Å². The van der Waals surface area contributed by atoms with E-state index in [-0.39, 0.29) is 24.4 Å². The normalized spacial score (nSPS) is 22.5. The van der Waals surface area contributed by atoms with Crippen LogP contribution in [0.4, 0.5) is 0 Å². The summed E-state index contributed by atoms with van der Waals surface area (Å²) in [6.45, 7) is 5.77. The number of hydrogen-bond donors (Lipinski definition) is 3. The molecule has 1 fully saturated rings. The topological polar surface area (TPSA) is 83.0 Å². The van der Waals surface area contributed by atoms with Crippen molar-refractivity contribution in [3.05, 3.63) is 35.9 Å². The Bertz CT molecular complexity index is 612. The molecule has 3 N–H and O–H groups in total. The summed E-state index contributed by atoms with van der Waals surface area (Å²) in [6.07, 6.45) is 3.46. The van der Waals surface area contributed by atoms with Gasteiger partial charge in [-0.3, -0.25) is 9.20 Å². The number of nitrogens with one attached hydrogen (secondary N) is 2. The fourth-order valence-corrected chi connectivity index (χ4v) is 4.75. The second-order valence-electron chi connectivity index (χ2n) is 7.17. The van der Waals surface area contributed by atoms with Gasteiger partial charge in [0.25, 0.3) is 0 Å². The van der Waals surface area contributed by atoms with Crippen molar-refractivity contribution in [2.75, 3.05) is 25.4 Å². The van der Waals surface area contributed by atoms with Gasteiger partial charge in [0.05, 0.1) is 25.9 Å². The lowest BCUT2D eigenvalue weighted by atomic mass is 9.95. The van der Waals surface area contributed by atoms with Crippen molar-refractivity contribution in [3.8, 4) is 0 Å². The molecule has 0 bridgehead atoms. The van der Waals surface area contributed by atoms with Crippen molar-refractivity contribution in [1.82, 2.24) is 10.6 Å². The van der Waals surface area contributed by atoms with Gasteiger partial charge in [-0.05, 0) is 31.7 Å². The van der Waals surface area contributed by atoms with Gasteiger partial charge in [-0.25, -0.2) is 0 Å². The first-order valence-electron chi connectivity index (χ1n) is 10.3. The standard InChI is InChI=1S/C21H35N3O3S/c1-3-22-21(24-18-11-8-12-20(13-18)28(26)4-2)23-14-19(25)16-27-15-17-9-6-5-7-10-17/h5-7,9-10,18-20,25H,3-4,8,11-16H2,1-2H3,(H2,22,23,24). The van der Waals surface area contributed by atoms with E-state index in [1.54, 1.807) is 0 Å². The third kappa shape index (κ3) is 8.29.